The molecule has 2 aliphatic carbocycles. The van der Waals surface area contributed by atoms with Crippen LogP contribution in [0.4, 0.5) is 0 Å². The van der Waals surface area contributed by atoms with Crippen LogP contribution in [0.5, 0.6) is 0 Å². The second-order valence-electron chi connectivity index (χ2n) is 22.3. The number of rotatable bonds is 22. The lowest BCUT2D eigenvalue weighted by molar-refractivity contribution is 0.402. The summed E-state index contributed by atoms with van der Waals surface area (Å²) < 4.78 is 1.88. The number of hydrogen-bond donors (Lipinski definition) is 2. The number of hydrogen-bond acceptors (Lipinski definition) is 2. The van der Waals surface area contributed by atoms with Crippen molar-refractivity contribution in [3.8, 4) is 44.5 Å². The van der Waals surface area contributed by atoms with Gasteiger partial charge in [0, 0.05) is 33.0 Å². The maximum atomic E-state index is 5.62. The molecule has 4 aliphatic rings. The van der Waals surface area contributed by atoms with Crippen LogP contribution in [-0.2, 0) is 10.8 Å². The summed E-state index contributed by atoms with van der Waals surface area (Å²) in [6.07, 6.45) is 33.3. The van der Waals surface area contributed by atoms with Gasteiger partial charge in [0.2, 0.25) is 0 Å². The van der Waals surface area contributed by atoms with Gasteiger partial charge in [-0.05, 0) is 162 Å². The molecule has 2 aliphatic heterocycles. The summed E-state index contributed by atoms with van der Waals surface area (Å²) in [4.78, 5) is 19.2. The molecule has 0 atom stereocenters. The SMILES string of the molecule is CCCCCCC1(CCCCCC)c2ccccc2-c2cccc(-c3c4nc(c(Br)c5ccc([nH]5)c(-c5cccc6c5C(CCCCCC)(CCCCCC)c5ccccc5-6)c5nc(c(Br)c6ccc3[nH]6)C=C5)C=C4)c21. The van der Waals surface area contributed by atoms with E-state index in [2.05, 4.69) is 203 Å². The van der Waals surface area contributed by atoms with Gasteiger partial charge < -0.3 is 9.97 Å². The Morgan fingerprint density at radius 1 is 0.342 bits per heavy atom. The van der Waals surface area contributed by atoms with Crippen molar-refractivity contribution < 1.29 is 0 Å². The van der Waals surface area contributed by atoms with Crippen LogP contribution in [0.2, 0.25) is 0 Å². The average Bonchev–Trinajstić information content (AvgIpc) is 4.34. The molecule has 390 valence electrons. The maximum absolute atomic E-state index is 5.62. The van der Waals surface area contributed by atoms with Crippen LogP contribution in [0.15, 0.2) is 118 Å². The van der Waals surface area contributed by atoms with Crippen LogP contribution in [0.1, 0.15) is 201 Å². The van der Waals surface area contributed by atoms with Crippen molar-refractivity contribution >= 4 is 78.2 Å². The Kier molecular flexibility index (Phi) is 16.0. The van der Waals surface area contributed by atoms with Crippen LogP contribution < -0.4 is 0 Å². The molecule has 2 N–H and O–H groups in total. The largest absolute Gasteiger partial charge is 0.354 e. The molecule has 7 aromatic rings. The lowest BCUT2D eigenvalue weighted by Crippen LogP contribution is -2.26. The number of nitrogens with one attached hydrogen (secondary N) is 2. The number of unbranched alkanes of at least 4 members (excludes halogenated alkanes) is 12. The first-order valence-corrected chi connectivity index (χ1v) is 30.9. The standard InChI is InChI=1S/C70H76Br2N4/c1-5-9-13-21-43-69(44-22-14-10-6-2)53-33-19-17-27-47(53)49-29-25-31-51(65(49)69)63-55-35-39-59(73-55)67(71)61-41-37-57(75-61)64(58-38-42-62(76-58)68(72)60-40-36-56(63)74-60)52-32-26-30-50-48-28-18-20-34-54(48)70(66(50)52,45-23-15-11-7-3)46-24-16-12-8-4/h17-20,25-42,73,76H,5-16,21-24,43-46H2,1-4H3. The van der Waals surface area contributed by atoms with Crippen molar-refractivity contribution in [3.05, 3.63) is 163 Å². The zero-order chi connectivity index (χ0) is 52.2. The summed E-state index contributed by atoms with van der Waals surface area (Å²) in [7, 11) is 0. The lowest BCUT2D eigenvalue weighted by Gasteiger charge is -2.34. The smallest absolute Gasteiger partial charge is 0.0801 e. The topological polar surface area (TPSA) is 57.4 Å². The summed E-state index contributed by atoms with van der Waals surface area (Å²) in [6, 6.07) is 41.8. The van der Waals surface area contributed by atoms with Gasteiger partial charge in [-0.1, -0.05) is 215 Å². The first-order chi connectivity index (χ1) is 37.4. The number of benzene rings is 4. The van der Waals surface area contributed by atoms with E-state index in [0.29, 0.717) is 0 Å². The lowest BCUT2D eigenvalue weighted by atomic mass is 9.68. The monoisotopic (exact) mass is 1130 g/mol. The molecule has 8 bridgehead atoms. The van der Waals surface area contributed by atoms with Gasteiger partial charge in [0.05, 0.1) is 42.8 Å². The van der Waals surface area contributed by atoms with Gasteiger partial charge in [0.25, 0.3) is 0 Å². The van der Waals surface area contributed by atoms with Gasteiger partial charge >= 0.3 is 0 Å². The second-order valence-corrected chi connectivity index (χ2v) is 23.9. The molecule has 0 saturated carbocycles. The molecule has 0 unspecified atom stereocenters. The zero-order valence-electron chi connectivity index (χ0n) is 45.5. The predicted molar refractivity (Wildman–Crippen MR) is 333 cm³/mol. The van der Waals surface area contributed by atoms with E-state index in [1.807, 2.05) is 0 Å². The highest BCUT2D eigenvalue weighted by molar-refractivity contribution is 9.11. The third kappa shape index (κ3) is 9.56. The van der Waals surface area contributed by atoms with E-state index in [0.717, 1.165) is 90.6 Å². The number of aromatic amines is 2. The van der Waals surface area contributed by atoms with Gasteiger partial charge in [0.1, 0.15) is 0 Å². The molecule has 0 spiro atoms. The molecule has 0 fully saturated rings. The van der Waals surface area contributed by atoms with E-state index in [-0.39, 0.29) is 10.8 Å². The van der Waals surface area contributed by atoms with E-state index in [1.165, 1.54) is 158 Å². The van der Waals surface area contributed by atoms with Crippen LogP contribution in [-0.4, -0.2) is 19.9 Å². The van der Waals surface area contributed by atoms with Crippen molar-refractivity contribution in [2.45, 2.75) is 167 Å². The number of fused-ring (bicyclic) bond motifs is 14. The van der Waals surface area contributed by atoms with Gasteiger partial charge in [-0.2, -0.15) is 0 Å². The van der Waals surface area contributed by atoms with Crippen molar-refractivity contribution in [2.24, 2.45) is 0 Å². The third-order valence-corrected chi connectivity index (χ3v) is 19.2. The van der Waals surface area contributed by atoms with E-state index >= 15 is 0 Å². The average molecular weight is 1130 g/mol. The predicted octanol–water partition coefficient (Wildman–Crippen LogP) is 21.9. The molecule has 11 rings (SSSR count). The summed E-state index contributed by atoms with van der Waals surface area (Å²) in [5, 5.41) is 0. The number of halogens is 2. The number of aromatic nitrogens is 4. The molecule has 4 nitrogen and oxygen atoms in total. The van der Waals surface area contributed by atoms with Crippen LogP contribution >= 0.6 is 31.9 Å². The van der Waals surface area contributed by atoms with Gasteiger partial charge in [-0.3, -0.25) is 0 Å². The highest BCUT2D eigenvalue weighted by Crippen LogP contribution is 2.59. The van der Waals surface area contributed by atoms with Crippen molar-refractivity contribution in [3.63, 3.8) is 0 Å². The minimum absolute atomic E-state index is 0.105. The Balaban J connectivity index is 1.14. The highest BCUT2D eigenvalue weighted by atomic mass is 79.9. The molecule has 5 heterocycles. The van der Waals surface area contributed by atoms with E-state index in [1.54, 1.807) is 0 Å². The fourth-order valence-corrected chi connectivity index (χ4v) is 14.9. The fourth-order valence-electron chi connectivity index (χ4n) is 13.9. The minimum atomic E-state index is -0.105. The van der Waals surface area contributed by atoms with E-state index in [4.69, 9.17) is 9.97 Å². The Morgan fingerprint density at radius 3 is 1.05 bits per heavy atom. The number of H-pyrrole nitrogens is 2. The van der Waals surface area contributed by atoms with E-state index < -0.39 is 0 Å². The quantitative estimate of drug-likeness (QED) is 0.0665. The first kappa shape index (κ1) is 52.5. The second kappa shape index (κ2) is 23.2. The van der Waals surface area contributed by atoms with Crippen LogP contribution in [0.3, 0.4) is 0 Å². The molecular weight excluding hydrogens is 1060 g/mol. The van der Waals surface area contributed by atoms with Gasteiger partial charge in [-0.25, -0.2) is 9.97 Å². The summed E-state index contributed by atoms with van der Waals surface area (Å²) in [5.74, 6) is 0. The maximum Gasteiger partial charge on any atom is 0.0801 e. The molecule has 6 heteroatoms. The molecule has 0 amide bonds. The van der Waals surface area contributed by atoms with Crippen LogP contribution in [0, 0.1) is 0 Å². The Bertz CT molecular complexity index is 3240. The van der Waals surface area contributed by atoms with Crippen molar-refractivity contribution in [1.82, 2.24) is 19.9 Å². The first-order valence-electron chi connectivity index (χ1n) is 29.3. The zero-order valence-corrected chi connectivity index (χ0v) is 48.7. The Hall–Kier alpha value is -5.56. The fraction of sp³-hybridized carbons (Fsp3) is 0.371. The normalized spacial score (nSPS) is 14.3. The number of nitrogens with zero attached hydrogens (tertiary/aromatic N) is 2. The highest BCUT2D eigenvalue weighted by Gasteiger charge is 2.46. The Morgan fingerprint density at radius 2 is 0.671 bits per heavy atom. The third-order valence-electron chi connectivity index (χ3n) is 17.5. The summed E-state index contributed by atoms with van der Waals surface area (Å²) >= 11 is 8.34. The molecule has 4 aromatic carbocycles. The molecule has 3 aromatic heterocycles. The summed E-state index contributed by atoms with van der Waals surface area (Å²) in [6.45, 7) is 9.30. The van der Waals surface area contributed by atoms with Crippen molar-refractivity contribution in [2.75, 3.05) is 0 Å². The van der Waals surface area contributed by atoms with Crippen molar-refractivity contribution in [1.29, 1.82) is 0 Å². The van der Waals surface area contributed by atoms with Gasteiger partial charge in [-0.15, -0.1) is 0 Å². The van der Waals surface area contributed by atoms with E-state index in [9.17, 15) is 0 Å². The van der Waals surface area contributed by atoms with Crippen LogP contribution in [0.25, 0.3) is 90.9 Å². The molecule has 0 radical (unpaired) electrons. The van der Waals surface area contributed by atoms with Gasteiger partial charge in [0.15, 0.2) is 0 Å². The molecule has 76 heavy (non-hydrogen) atoms. The minimum Gasteiger partial charge on any atom is -0.354 e. The summed E-state index contributed by atoms with van der Waals surface area (Å²) in [5.41, 5.74) is 23.9. The molecular formula is C70H76Br2N4. The Labute approximate surface area is 469 Å². The molecule has 0 saturated heterocycles.